The van der Waals surface area contributed by atoms with Crippen LogP contribution in [0.25, 0.3) is 22.3 Å². The molecule has 0 aliphatic rings. The normalized spacial score (nSPS) is 12.9. The Morgan fingerprint density at radius 1 is 0.567 bits per heavy atom. The van der Waals surface area contributed by atoms with Crippen LogP contribution in [0.2, 0.25) is 0 Å². The average molecular weight is 394 g/mol. The van der Waals surface area contributed by atoms with Crippen molar-refractivity contribution in [3.63, 3.8) is 0 Å². The third-order valence-electron chi connectivity index (χ3n) is 5.46. The zero-order chi connectivity index (χ0) is 20.9. The zero-order valence-corrected chi connectivity index (χ0v) is 16.9. The van der Waals surface area contributed by atoms with E-state index in [1.165, 1.54) is 12.7 Å². The van der Waals surface area contributed by atoms with Crippen molar-refractivity contribution in [2.45, 2.75) is 25.7 Å². The largest absolute Gasteiger partial charge is 0.298 e. The first-order valence-electron chi connectivity index (χ1n) is 9.88. The smallest absolute Gasteiger partial charge is 0.147 e. The Balaban J connectivity index is 1.48. The van der Waals surface area contributed by atoms with E-state index in [0.717, 1.165) is 33.4 Å². The lowest BCUT2D eigenvalue weighted by Crippen LogP contribution is -2.16. The number of hydrogen-bond donors (Lipinski definition) is 0. The number of rotatable bonds is 6. The molecule has 0 amide bonds. The van der Waals surface area contributed by atoms with Crippen molar-refractivity contribution in [1.82, 2.24) is 19.9 Å². The summed E-state index contributed by atoms with van der Waals surface area (Å²) in [5.74, 6) is -0.187. The third-order valence-corrected chi connectivity index (χ3v) is 5.46. The van der Waals surface area contributed by atoms with Crippen LogP contribution in [-0.4, -0.2) is 25.7 Å². The molecule has 5 heteroatoms. The van der Waals surface area contributed by atoms with Crippen LogP contribution in [0.15, 0.2) is 86.0 Å². The van der Waals surface area contributed by atoms with Crippen LogP contribution in [0.4, 0.5) is 0 Å². The van der Waals surface area contributed by atoms with Crippen LogP contribution >= 0.6 is 0 Å². The fourth-order valence-corrected chi connectivity index (χ4v) is 3.53. The topological polar surface area (TPSA) is 68.6 Å². The van der Waals surface area contributed by atoms with Gasteiger partial charge in [-0.25, -0.2) is 19.9 Å². The van der Waals surface area contributed by atoms with E-state index in [2.05, 4.69) is 19.9 Å². The molecule has 148 valence electrons. The third kappa shape index (κ3) is 4.15. The van der Waals surface area contributed by atoms with Gasteiger partial charge >= 0.3 is 0 Å². The van der Waals surface area contributed by atoms with E-state index >= 15 is 0 Å². The summed E-state index contributed by atoms with van der Waals surface area (Å²) in [6.07, 6.45) is 10.2. The van der Waals surface area contributed by atoms with E-state index in [4.69, 9.17) is 0 Å². The second-order valence-electron chi connectivity index (χ2n) is 7.34. The predicted octanol–water partition coefficient (Wildman–Crippen LogP) is 5.08. The first-order chi connectivity index (χ1) is 14.6. The number of Topliss-reactive ketones (excluding diaryl/α,β-unsaturated/α-hetero) is 1. The van der Waals surface area contributed by atoms with Crippen LogP contribution < -0.4 is 0 Å². The molecule has 0 aliphatic carbocycles. The monoisotopic (exact) mass is 394 g/mol. The van der Waals surface area contributed by atoms with Crippen molar-refractivity contribution in [1.29, 1.82) is 0 Å². The van der Waals surface area contributed by atoms with Gasteiger partial charge in [-0.15, -0.1) is 0 Å². The fraction of sp³-hybridized carbons (Fsp3) is 0.160. The number of carbonyl (C=O) groups excluding carboxylic acids is 1. The standard InChI is InChI=1S/C25H22N4O/c1-17(19-3-7-21(8-4-19)23-11-26-15-27-12-23)25(30)18(2)20-5-9-22(10-6-20)24-13-28-16-29-14-24/h3-18H,1-2H3. The SMILES string of the molecule is CC(C(=O)C(C)c1ccc(-c2cncnc2)cc1)c1ccc(-c2cncnc2)cc1. The second kappa shape index (κ2) is 8.74. The zero-order valence-electron chi connectivity index (χ0n) is 16.9. The van der Waals surface area contributed by atoms with E-state index in [0.29, 0.717) is 0 Å². The van der Waals surface area contributed by atoms with Crippen LogP contribution in [-0.2, 0) is 4.79 Å². The van der Waals surface area contributed by atoms with Gasteiger partial charge in [0.15, 0.2) is 0 Å². The number of benzene rings is 2. The molecule has 2 heterocycles. The maximum absolute atomic E-state index is 13.1. The maximum Gasteiger partial charge on any atom is 0.147 e. The molecule has 0 aliphatic heterocycles. The Bertz CT molecular complexity index is 1020. The van der Waals surface area contributed by atoms with Gasteiger partial charge in [-0.05, 0) is 22.3 Å². The summed E-state index contributed by atoms with van der Waals surface area (Å²) in [5, 5.41) is 0. The lowest BCUT2D eigenvalue weighted by atomic mass is 9.85. The van der Waals surface area contributed by atoms with Crippen LogP contribution in [0.1, 0.15) is 36.8 Å². The molecular formula is C25H22N4O. The highest BCUT2D eigenvalue weighted by Crippen LogP contribution is 2.29. The highest BCUT2D eigenvalue weighted by molar-refractivity contribution is 5.91. The Labute approximate surface area is 175 Å². The summed E-state index contributed by atoms with van der Waals surface area (Å²) < 4.78 is 0. The maximum atomic E-state index is 13.1. The molecule has 0 radical (unpaired) electrons. The summed E-state index contributed by atoms with van der Waals surface area (Å²) in [4.78, 5) is 29.3. The van der Waals surface area contributed by atoms with Crippen LogP contribution in [0.3, 0.4) is 0 Å². The molecule has 0 fully saturated rings. The van der Waals surface area contributed by atoms with Crippen molar-refractivity contribution in [2.24, 2.45) is 0 Å². The van der Waals surface area contributed by atoms with Crippen molar-refractivity contribution in [3.05, 3.63) is 97.1 Å². The highest BCUT2D eigenvalue weighted by atomic mass is 16.1. The average Bonchev–Trinajstić information content (AvgIpc) is 2.84. The predicted molar refractivity (Wildman–Crippen MR) is 117 cm³/mol. The van der Waals surface area contributed by atoms with Crippen molar-refractivity contribution >= 4 is 5.78 Å². The molecule has 0 bridgehead atoms. The molecule has 0 spiro atoms. The Morgan fingerprint density at radius 3 is 1.23 bits per heavy atom. The second-order valence-corrected chi connectivity index (χ2v) is 7.34. The summed E-state index contributed by atoms with van der Waals surface area (Å²) in [7, 11) is 0. The van der Waals surface area contributed by atoms with Crippen molar-refractivity contribution in [2.75, 3.05) is 0 Å². The van der Waals surface area contributed by atoms with Gasteiger partial charge in [0.05, 0.1) is 0 Å². The molecule has 2 aromatic carbocycles. The molecule has 2 unspecified atom stereocenters. The molecule has 4 rings (SSSR count). The van der Waals surface area contributed by atoms with E-state index in [1.807, 2.05) is 62.4 Å². The van der Waals surface area contributed by atoms with Gasteiger partial charge in [0.25, 0.3) is 0 Å². The number of aromatic nitrogens is 4. The van der Waals surface area contributed by atoms with Gasteiger partial charge in [0.2, 0.25) is 0 Å². The van der Waals surface area contributed by atoms with Crippen molar-refractivity contribution < 1.29 is 4.79 Å². The Morgan fingerprint density at radius 2 is 0.900 bits per heavy atom. The van der Waals surface area contributed by atoms with Gasteiger partial charge < -0.3 is 0 Å². The molecule has 4 aromatic rings. The summed E-state index contributed by atoms with van der Waals surface area (Å²) in [6.45, 7) is 3.93. The summed E-state index contributed by atoms with van der Waals surface area (Å²) >= 11 is 0. The minimum atomic E-state index is -0.191. The number of nitrogens with zero attached hydrogens (tertiary/aromatic N) is 4. The van der Waals surface area contributed by atoms with E-state index in [1.54, 1.807) is 24.8 Å². The lowest BCUT2D eigenvalue weighted by molar-refractivity contribution is -0.121. The first kappa shape index (κ1) is 19.6. The molecule has 2 aromatic heterocycles. The first-order valence-corrected chi connectivity index (χ1v) is 9.88. The highest BCUT2D eigenvalue weighted by Gasteiger charge is 2.23. The molecule has 0 saturated heterocycles. The molecule has 5 nitrogen and oxygen atoms in total. The number of carbonyl (C=O) groups is 1. The Kier molecular flexibility index (Phi) is 5.70. The number of hydrogen-bond acceptors (Lipinski definition) is 5. The number of ketones is 1. The summed E-state index contributed by atoms with van der Waals surface area (Å²) in [5.41, 5.74) is 6.00. The van der Waals surface area contributed by atoms with Crippen LogP contribution in [0, 0.1) is 0 Å². The summed E-state index contributed by atoms with van der Waals surface area (Å²) in [6, 6.07) is 16.1. The van der Waals surface area contributed by atoms with E-state index < -0.39 is 0 Å². The molecule has 0 saturated carbocycles. The van der Waals surface area contributed by atoms with Crippen molar-refractivity contribution in [3.8, 4) is 22.3 Å². The van der Waals surface area contributed by atoms with Crippen LogP contribution in [0.5, 0.6) is 0 Å². The van der Waals surface area contributed by atoms with Gasteiger partial charge in [-0.2, -0.15) is 0 Å². The van der Waals surface area contributed by atoms with Gasteiger partial charge in [-0.1, -0.05) is 62.4 Å². The van der Waals surface area contributed by atoms with Gasteiger partial charge in [0, 0.05) is 47.8 Å². The lowest BCUT2D eigenvalue weighted by Gasteiger charge is -2.18. The fourth-order valence-electron chi connectivity index (χ4n) is 3.53. The molecule has 30 heavy (non-hydrogen) atoms. The minimum absolute atomic E-state index is 0.191. The molecular weight excluding hydrogens is 372 g/mol. The molecule has 2 atom stereocenters. The quantitative estimate of drug-likeness (QED) is 0.456. The Hall–Kier alpha value is -3.73. The van der Waals surface area contributed by atoms with Gasteiger partial charge in [0.1, 0.15) is 18.4 Å². The molecule has 0 N–H and O–H groups in total. The minimum Gasteiger partial charge on any atom is -0.298 e. The van der Waals surface area contributed by atoms with E-state index in [9.17, 15) is 4.79 Å². The van der Waals surface area contributed by atoms with E-state index in [-0.39, 0.29) is 17.6 Å². The van der Waals surface area contributed by atoms with Gasteiger partial charge in [-0.3, -0.25) is 4.79 Å².